The molecule has 1 N–H and O–H groups in total. The van der Waals surface area contributed by atoms with Gasteiger partial charge in [0.15, 0.2) is 0 Å². The normalized spacial score (nSPS) is 13.7. The van der Waals surface area contributed by atoms with E-state index in [9.17, 15) is 4.79 Å². The summed E-state index contributed by atoms with van der Waals surface area (Å²) in [5.74, 6) is -0.752. The molecule has 0 bridgehead atoms. The summed E-state index contributed by atoms with van der Waals surface area (Å²) in [5, 5.41) is 9.01. The molecule has 0 radical (unpaired) electrons. The van der Waals surface area contributed by atoms with Crippen LogP contribution in [0, 0.1) is 5.41 Å². The molecule has 0 fully saturated rings. The number of hydrogen-bond donors (Lipinski definition) is 1. The molecule has 3 heteroatoms. The molecule has 0 aliphatic carbocycles. The van der Waals surface area contributed by atoms with E-state index in [-0.39, 0.29) is 17.9 Å². The molecule has 0 aliphatic rings. The van der Waals surface area contributed by atoms with Gasteiger partial charge in [-0.3, -0.25) is 4.79 Å². The summed E-state index contributed by atoms with van der Waals surface area (Å²) in [6, 6.07) is 10.1. The fourth-order valence-electron chi connectivity index (χ4n) is 2.57. The zero-order chi connectivity index (χ0) is 13.1. The van der Waals surface area contributed by atoms with Crippen molar-refractivity contribution in [2.45, 2.75) is 26.3 Å². The van der Waals surface area contributed by atoms with Crippen molar-refractivity contribution in [2.24, 2.45) is 5.41 Å². The number of hydrogen-bond acceptors (Lipinski definition) is 2. The van der Waals surface area contributed by atoms with Crippen molar-refractivity contribution in [3.8, 4) is 0 Å². The fraction of sp³-hybridized carbons (Fsp3) is 0.500. The first-order valence-electron chi connectivity index (χ1n) is 5.78. The van der Waals surface area contributed by atoms with E-state index in [0.29, 0.717) is 0 Å². The minimum Gasteiger partial charge on any atom is -0.481 e. The van der Waals surface area contributed by atoms with Crippen molar-refractivity contribution in [3.63, 3.8) is 0 Å². The molecule has 1 aromatic carbocycles. The lowest BCUT2D eigenvalue weighted by Crippen LogP contribution is -2.35. The van der Waals surface area contributed by atoms with E-state index in [1.165, 1.54) is 0 Å². The van der Waals surface area contributed by atoms with Gasteiger partial charge in [0.25, 0.3) is 0 Å². The lowest BCUT2D eigenvalue weighted by atomic mass is 9.77. The molecule has 0 spiro atoms. The maximum absolute atomic E-state index is 11.0. The second-order valence-corrected chi connectivity index (χ2v) is 5.34. The Kier molecular flexibility index (Phi) is 4.29. The summed E-state index contributed by atoms with van der Waals surface area (Å²) in [7, 11) is 3.97. The molecule has 1 atom stereocenters. The van der Waals surface area contributed by atoms with Crippen molar-refractivity contribution in [3.05, 3.63) is 35.9 Å². The maximum atomic E-state index is 11.0. The topological polar surface area (TPSA) is 40.5 Å². The Bertz CT molecular complexity index is 371. The lowest BCUT2D eigenvalue weighted by molar-refractivity contribution is -0.140. The van der Waals surface area contributed by atoms with Crippen LogP contribution in [0.3, 0.4) is 0 Å². The van der Waals surface area contributed by atoms with Crippen LogP contribution in [0.4, 0.5) is 0 Å². The number of nitrogens with zero attached hydrogens (tertiary/aromatic N) is 1. The summed E-state index contributed by atoms with van der Waals surface area (Å²) in [5.41, 5.74) is 0.847. The Morgan fingerprint density at radius 1 is 1.29 bits per heavy atom. The van der Waals surface area contributed by atoms with Crippen molar-refractivity contribution in [2.75, 3.05) is 14.1 Å². The molecule has 1 aromatic rings. The first kappa shape index (κ1) is 13.7. The molecule has 0 aliphatic heterocycles. The smallest absolute Gasteiger partial charge is 0.303 e. The van der Waals surface area contributed by atoms with Gasteiger partial charge < -0.3 is 10.0 Å². The minimum absolute atomic E-state index is 0.0970. The van der Waals surface area contributed by atoms with E-state index in [0.717, 1.165) is 5.56 Å². The average molecular weight is 235 g/mol. The minimum atomic E-state index is -0.752. The predicted octanol–water partition coefficient (Wildman–Crippen LogP) is 2.79. The van der Waals surface area contributed by atoms with Crippen LogP contribution in [0.1, 0.15) is 31.9 Å². The summed E-state index contributed by atoms with van der Waals surface area (Å²) < 4.78 is 0. The standard InChI is InChI=1S/C14H21NO2/c1-14(2,10-12(16)17)13(15(3)4)11-8-6-5-7-9-11/h5-9,13H,10H2,1-4H3,(H,16,17). The third-order valence-corrected chi connectivity index (χ3v) is 2.98. The van der Waals surface area contributed by atoms with Gasteiger partial charge >= 0.3 is 5.97 Å². The van der Waals surface area contributed by atoms with Gasteiger partial charge in [-0.05, 0) is 25.1 Å². The SMILES string of the molecule is CN(C)C(c1ccccc1)C(C)(C)CC(=O)O. The monoisotopic (exact) mass is 235 g/mol. The lowest BCUT2D eigenvalue weighted by Gasteiger charge is -2.38. The third kappa shape index (κ3) is 3.56. The van der Waals surface area contributed by atoms with Crippen molar-refractivity contribution in [1.29, 1.82) is 0 Å². The van der Waals surface area contributed by atoms with Crippen molar-refractivity contribution >= 4 is 5.97 Å². The maximum Gasteiger partial charge on any atom is 0.303 e. The Balaban J connectivity index is 3.05. The molecule has 0 saturated heterocycles. The summed E-state index contributed by atoms with van der Waals surface area (Å²) in [6.07, 6.45) is 0.157. The molecular weight excluding hydrogens is 214 g/mol. The third-order valence-electron chi connectivity index (χ3n) is 2.98. The second-order valence-electron chi connectivity index (χ2n) is 5.34. The zero-order valence-electron chi connectivity index (χ0n) is 11.0. The van der Waals surface area contributed by atoms with Crippen molar-refractivity contribution in [1.82, 2.24) is 4.90 Å². The van der Waals surface area contributed by atoms with Gasteiger partial charge in [0.05, 0.1) is 6.42 Å². The summed E-state index contributed by atoms with van der Waals surface area (Å²) >= 11 is 0. The van der Waals surface area contributed by atoms with E-state index in [1.807, 2.05) is 58.3 Å². The van der Waals surface area contributed by atoms with Gasteiger partial charge in [-0.1, -0.05) is 44.2 Å². The van der Waals surface area contributed by atoms with Crippen LogP contribution in [-0.4, -0.2) is 30.1 Å². The quantitative estimate of drug-likeness (QED) is 0.853. The molecule has 0 saturated carbocycles. The molecular formula is C14H21NO2. The predicted molar refractivity (Wildman–Crippen MR) is 68.9 cm³/mol. The molecule has 0 heterocycles. The largest absolute Gasteiger partial charge is 0.481 e. The fourth-order valence-corrected chi connectivity index (χ4v) is 2.57. The van der Waals surface area contributed by atoms with Crippen LogP contribution < -0.4 is 0 Å². The van der Waals surface area contributed by atoms with Gasteiger partial charge in [-0.2, -0.15) is 0 Å². The number of benzene rings is 1. The van der Waals surface area contributed by atoms with Gasteiger partial charge in [0.2, 0.25) is 0 Å². The number of carbonyl (C=O) groups is 1. The van der Waals surface area contributed by atoms with E-state index in [2.05, 4.69) is 4.90 Å². The average Bonchev–Trinajstić information content (AvgIpc) is 2.15. The number of carboxylic acids is 1. The van der Waals surface area contributed by atoms with Gasteiger partial charge in [0.1, 0.15) is 0 Å². The van der Waals surface area contributed by atoms with Crippen LogP contribution in [0.2, 0.25) is 0 Å². The molecule has 17 heavy (non-hydrogen) atoms. The summed E-state index contributed by atoms with van der Waals surface area (Å²) in [4.78, 5) is 13.0. The second kappa shape index (κ2) is 5.32. The van der Waals surface area contributed by atoms with Crippen LogP contribution in [0.5, 0.6) is 0 Å². The molecule has 1 rings (SSSR count). The van der Waals surface area contributed by atoms with E-state index in [4.69, 9.17) is 5.11 Å². The van der Waals surface area contributed by atoms with Gasteiger partial charge in [0, 0.05) is 6.04 Å². The van der Waals surface area contributed by atoms with E-state index < -0.39 is 5.97 Å². The highest BCUT2D eigenvalue weighted by molar-refractivity contribution is 5.67. The Morgan fingerprint density at radius 2 is 1.82 bits per heavy atom. The highest BCUT2D eigenvalue weighted by atomic mass is 16.4. The van der Waals surface area contributed by atoms with Crippen LogP contribution in [0.15, 0.2) is 30.3 Å². The zero-order valence-corrected chi connectivity index (χ0v) is 11.0. The molecule has 0 aromatic heterocycles. The highest BCUT2D eigenvalue weighted by Crippen LogP contribution is 2.39. The Labute approximate surface area is 103 Å². The highest BCUT2D eigenvalue weighted by Gasteiger charge is 2.34. The van der Waals surface area contributed by atoms with Crippen LogP contribution >= 0.6 is 0 Å². The van der Waals surface area contributed by atoms with Crippen LogP contribution in [0.25, 0.3) is 0 Å². The number of carboxylic acid groups (broad SMARTS) is 1. The number of aliphatic carboxylic acids is 1. The molecule has 0 amide bonds. The molecule has 94 valence electrons. The number of rotatable bonds is 5. The van der Waals surface area contributed by atoms with E-state index in [1.54, 1.807) is 0 Å². The van der Waals surface area contributed by atoms with Crippen LogP contribution in [-0.2, 0) is 4.79 Å². The first-order valence-corrected chi connectivity index (χ1v) is 5.78. The van der Waals surface area contributed by atoms with E-state index >= 15 is 0 Å². The van der Waals surface area contributed by atoms with Gasteiger partial charge in [-0.25, -0.2) is 0 Å². The Hall–Kier alpha value is -1.35. The Morgan fingerprint density at radius 3 is 2.24 bits per heavy atom. The first-order chi connectivity index (χ1) is 7.84. The summed E-state index contributed by atoms with van der Waals surface area (Å²) in [6.45, 7) is 4.00. The molecule has 1 unspecified atom stereocenters. The van der Waals surface area contributed by atoms with Gasteiger partial charge in [-0.15, -0.1) is 0 Å². The van der Waals surface area contributed by atoms with Crippen molar-refractivity contribution < 1.29 is 9.90 Å². The molecule has 3 nitrogen and oxygen atoms in total.